The number of likely N-dealkylation sites (tertiary alicyclic amines) is 1. The fourth-order valence-corrected chi connectivity index (χ4v) is 4.27. The number of piperidine rings is 1. The summed E-state index contributed by atoms with van der Waals surface area (Å²) in [6, 6.07) is 4.73. The molecule has 1 amide bonds. The first-order chi connectivity index (χ1) is 12.2. The third-order valence-corrected chi connectivity index (χ3v) is 5.74. The summed E-state index contributed by atoms with van der Waals surface area (Å²) in [5, 5.41) is 0.192. The molecule has 0 bridgehead atoms. The van der Waals surface area contributed by atoms with Crippen LogP contribution in [0.5, 0.6) is 0 Å². The molecule has 0 aliphatic carbocycles. The van der Waals surface area contributed by atoms with Gasteiger partial charge in [-0.15, -0.1) is 0 Å². The van der Waals surface area contributed by atoms with Crippen molar-refractivity contribution < 1.29 is 13.9 Å². The van der Waals surface area contributed by atoms with Gasteiger partial charge in [0.2, 0.25) is 0 Å². The quantitative estimate of drug-likeness (QED) is 0.800. The van der Waals surface area contributed by atoms with E-state index in [9.17, 15) is 14.0 Å². The number of nitrogens with zero attached hydrogens (tertiary/aromatic N) is 2. The maximum absolute atomic E-state index is 13.8. The minimum atomic E-state index is -0.481. The van der Waals surface area contributed by atoms with E-state index in [0.29, 0.717) is 30.3 Å². The van der Waals surface area contributed by atoms with E-state index in [1.54, 1.807) is 21.0 Å². The molecule has 1 aliphatic heterocycles. The normalized spacial score (nSPS) is 16.2. The Morgan fingerprint density at radius 3 is 2.62 bits per heavy atom. The van der Waals surface area contributed by atoms with Gasteiger partial charge in [0.05, 0.1) is 10.1 Å². The molecule has 0 atom stereocenters. The van der Waals surface area contributed by atoms with Gasteiger partial charge in [-0.25, -0.2) is 9.18 Å². The van der Waals surface area contributed by atoms with Crippen molar-refractivity contribution in [2.45, 2.75) is 52.2 Å². The lowest BCUT2D eigenvalue weighted by atomic mass is 9.94. The number of halogens is 1. The first kappa shape index (κ1) is 18.9. The Bertz CT molecular complexity index is 845. The molecule has 5 nitrogen and oxygen atoms in total. The molecule has 1 aliphatic rings. The highest BCUT2D eigenvalue weighted by atomic mass is 32.1. The van der Waals surface area contributed by atoms with Crippen LogP contribution in [0.25, 0.3) is 10.1 Å². The second-order valence-corrected chi connectivity index (χ2v) is 8.87. The van der Waals surface area contributed by atoms with E-state index in [-0.39, 0.29) is 17.0 Å². The van der Waals surface area contributed by atoms with Gasteiger partial charge in [-0.3, -0.25) is 8.75 Å². The van der Waals surface area contributed by atoms with Gasteiger partial charge in [0.15, 0.2) is 0 Å². The molecule has 3 rings (SSSR count). The number of carbonyl (C=O) groups excluding carboxylic acids is 1. The van der Waals surface area contributed by atoms with E-state index >= 15 is 0 Å². The van der Waals surface area contributed by atoms with Crippen molar-refractivity contribution in [1.29, 1.82) is 0 Å². The van der Waals surface area contributed by atoms with Gasteiger partial charge in [0.25, 0.3) is 5.56 Å². The van der Waals surface area contributed by atoms with Gasteiger partial charge in [-0.1, -0.05) is 17.6 Å². The van der Waals surface area contributed by atoms with E-state index in [0.717, 1.165) is 19.3 Å². The molecular weight excluding hydrogens is 355 g/mol. The Balaban J connectivity index is 1.55. The lowest BCUT2D eigenvalue weighted by Gasteiger charge is -2.33. The minimum absolute atomic E-state index is 0.192. The number of amides is 1. The largest absolute Gasteiger partial charge is 0.444 e. The predicted octanol–water partition coefficient (Wildman–Crippen LogP) is 4.24. The van der Waals surface area contributed by atoms with Crippen LogP contribution in [0.15, 0.2) is 23.0 Å². The van der Waals surface area contributed by atoms with E-state index in [1.807, 2.05) is 20.8 Å². The summed E-state index contributed by atoms with van der Waals surface area (Å²) in [7, 11) is 0. The maximum Gasteiger partial charge on any atom is 0.410 e. The van der Waals surface area contributed by atoms with Crippen molar-refractivity contribution in [3.63, 3.8) is 0 Å². The topological polar surface area (TPSA) is 51.5 Å². The van der Waals surface area contributed by atoms with Gasteiger partial charge in [0.1, 0.15) is 11.4 Å². The zero-order valence-corrected chi connectivity index (χ0v) is 16.3. The van der Waals surface area contributed by atoms with Crippen molar-refractivity contribution in [3.8, 4) is 0 Å². The summed E-state index contributed by atoms with van der Waals surface area (Å²) < 4.78 is 21.6. The minimum Gasteiger partial charge on any atom is -0.444 e. The lowest BCUT2D eigenvalue weighted by molar-refractivity contribution is 0.0180. The highest BCUT2D eigenvalue weighted by Gasteiger charge is 2.27. The Morgan fingerprint density at radius 2 is 2.00 bits per heavy atom. The van der Waals surface area contributed by atoms with E-state index < -0.39 is 11.4 Å². The number of ether oxygens (including phenoxy) is 1. The standard InChI is InChI=1S/C19H25FN2O3S/c1-19(2,3)25-18(24)21-10-7-13(8-11-21)9-12-22-17(23)16-14(20)5-4-6-15(16)26-22/h4-6,13H,7-12H2,1-3H3. The van der Waals surface area contributed by atoms with Crippen molar-refractivity contribution in [1.82, 2.24) is 8.86 Å². The highest BCUT2D eigenvalue weighted by Crippen LogP contribution is 2.24. The molecule has 1 aromatic heterocycles. The average molecular weight is 380 g/mol. The number of hydrogen-bond acceptors (Lipinski definition) is 4. The summed E-state index contributed by atoms with van der Waals surface area (Å²) in [5.74, 6) is 0.00353. The van der Waals surface area contributed by atoms with Crippen LogP contribution in [0, 0.1) is 11.7 Å². The molecular formula is C19H25FN2O3S. The average Bonchev–Trinajstić information content (AvgIpc) is 2.89. The number of aryl methyl sites for hydroxylation is 1. The van der Waals surface area contributed by atoms with Gasteiger partial charge in [0, 0.05) is 19.6 Å². The number of benzene rings is 1. The third-order valence-electron chi connectivity index (χ3n) is 4.63. The molecule has 1 saturated heterocycles. The van der Waals surface area contributed by atoms with Crippen LogP contribution in [-0.2, 0) is 11.3 Å². The monoisotopic (exact) mass is 380 g/mol. The zero-order valence-electron chi connectivity index (χ0n) is 15.5. The number of carbonyl (C=O) groups is 1. The first-order valence-corrected chi connectivity index (χ1v) is 9.78. The SMILES string of the molecule is CC(C)(C)OC(=O)N1CCC(CCn2sc3cccc(F)c3c2=O)CC1. The van der Waals surface area contributed by atoms with E-state index in [1.165, 1.54) is 17.6 Å². The van der Waals surface area contributed by atoms with Crippen molar-refractivity contribution in [3.05, 3.63) is 34.4 Å². The summed E-state index contributed by atoms with van der Waals surface area (Å²) in [5.41, 5.74) is -0.722. The van der Waals surface area contributed by atoms with E-state index in [4.69, 9.17) is 4.74 Å². The summed E-state index contributed by atoms with van der Waals surface area (Å²) >= 11 is 1.32. The third kappa shape index (κ3) is 4.26. The molecule has 0 saturated carbocycles. The van der Waals surface area contributed by atoms with Gasteiger partial charge in [-0.2, -0.15) is 0 Å². The van der Waals surface area contributed by atoms with Crippen LogP contribution in [0.3, 0.4) is 0 Å². The highest BCUT2D eigenvalue weighted by molar-refractivity contribution is 7.13. The van der Waals surface area contributed by atoms with Gasteiger partial charge < -0.3 is 9.64 Å². The molecule has 7 heteroatoms. The number of hydrogen-bond donors (Lipinski definition) is 0. The molecule has 1 aromatic carbocycles. The Kier molecular flexibility index (Phi) is 5.37. The van der Waals surface area contributed by atoms with Crippen LogP contribution in [0.1, 0.15) is 40.0 Å². The Labute approximate surface area is 156 Å². The fraction of sp³-hybridized carbons (Fsp3) is 0.579. The molecule has 26 heavy (non-hydrogen) atoms. The molecule has 0 unspecified atom stereocenters. The molecule has 2 aromatic rings. The summed E-state index contributed by atoms with van der Waals surface area (Å²) in [6.07, 6.45) is 2.39. The van der Waals surface area contributed by atoms with Crippen LogP contribution in [0.2, 0.25) is 0 Å². The molecule has 0 radical (unpaired) electrons. The fourth-order valence-electron chi connectivity index (χ4n) is 3.25. The van der Waals surface area contributed by atoms with Crippen LogP contribution >= 0.6 is 11.5 Å². The van der Waals surface area contributed by atoms with Crippen molar-refractivity contribution >= 4 is 27.7 Å². The second-order valence-electron chi connectivity index (χ2n) is 7.81. The van der Waals surface area contributed by atoms with Crippen LogP contribution in [0.4, 0.5) is 9.18 Å². The number of aromatic nitrogens is 1. The number of fused-ring (bicyclic) bond motifs is 1. The predicted molar refractivity (Wildman–Crippen MR) is 101 cm³/mol. The van der Waals surface area contributed by atoms with Crippen molar-refractivity contribution in [2.24, 2.45) is 5.92 Å². The second kappa shape index (κ2) is 7.39. The summed E-state index contributed by atoms with van der Waals surface area (Å²) in [6.45, 7) is 7.54. The van der Waals surface area contributed by atoms with Gasteiger partial charge in [-0.05, 0) is 58.1 Å². The van der Waals surface area contributed by atoms with Crippen molar-refractivity contribution in [2.75, 3.05) is 13.1 Å². The molecule has 0 spiro atoms. The summed E-state index contributed by atoms with van der Waals surface area (Å²) in [4.78, 5) is 26.2. The van der Waals surface area contributed by atoms with E-state index in [2.05, 4.69) is 0 Å². The van der Waals surface area contributed by atoms with Crippen LogP contribution < -0.4 is 5.56 Å². The number of rotatable bonds is 3. The lowest BCUT2D eigenvalue weighted by Crippen LogP contribution is -2.41. The van der Waals surface area contributed by atoms with Crippen LogP contribution in [-0.4, -0.2) is 33.6 Å². The molecule has 142 valence electrons. The zero-order chi connectivity index (χ0) is 18.9. The Hall–Kier alpha value is -1.89. The van der Waals surface area contributed by atoms with Gasteiger partial charge >= 0.3 is 6.09 Å². The maximum atomic E-state index is 13.8. The first-order valence-electron chi connectivity index (χ1n) is 9.01. The molecule has 1 fully saturated rings. The molecule has 2 heterocycles. The molecule has 0 N–H and O–H groups in total. The Morgan fingerprint density at radius 1 is 1.31 bits per heavy atom. The smallest absolute Gasteiger partial charge is 0.410 e.